The summed E-state index contributed by atoms with van der Waals surface area (Å²) >= 11 is 6.35. The molecule has 0 saturated carbocycles. The third kappa shape index (κ3) is 6.16. The maximum Gasteiger partial charge on any atom is 0.255 e. The van der Waals surface area contributed by atoms with E-state index in [0.29, 0.717) is 46.7 Å². The van der Waals surface area contributed by atoms with Gasteiger partial charge in [-0.3, -0.25) is 9.59 Å². The Kier molecular flexibility index (Phi) is 8.14. The highest BCUT2D eigenvalue weighted by molar-refractivity contribution is 6.32. The Morgan fingerprint density at radius 1 is 1.04 bits per heavy atom. The highest BCUT2D eigenvalue weighted by Crippen LogP contribution is 2.37. The van der Waals surface area contributed by atoms with E-state index in [4.69, 9.17) is 21.1 Å². The van der Waals surface area contributed by atoms with E-state index >= 15 is 0 Å². The molecule has 2 aromatic carbocycles. The van der Waals surface area contributed by atoms with Gasteiger partial charge < -0.3 is 20.1 Å². The SMILES string of the molecule is CCCCOc1c(Cl)cc(C(=O)Nc2cccc(NC(C)=O)c2)cc1OCC. The smallest absolute Gasteiger partial charge is 0.255 e. The predicted octanol–water partition coefficient (Wildman–Crippen LogP) is 5.13. The second kappa shape index (κ2) is 10.6. The number of benzene rings is 2. The molecule has 2 N–H and O–H groups in total. The van der Waals surface area contributed by atoms with Gasteiger partial charge in [0.1, 0.15) is 0 Å². The molecule has 0 bridgehead atoms. The molecule has 0 aliphatic heterocycles. The van der Waals surface area contributed by atoms with Crippen molar-refractivity contribution in [3.05, 3.63) is 47.0 Å². The lowest BCUT2D eigenvalue weighted by Gasteiger charge is -2.15. The minimum Gasteiger partial charge on any atom is -0.490 e. The first-order valence-corrected chi connectivity index (χ1v) is 9.60. The van der Waals surface area contributed by atoms with Gasteiger partial charge >= 0.3 is 0 Å². The number of halogens is 1. The van der Waals surface area contributed by atoms with Crippen LogP contribution >= 0.6 is 11.6 Å². The van der Waals surface area contributed by atoms with Crippen molar-refractivity contribution in [1.29, 1.82) is 0 Å². The number of hydrogen-bond acceptors (Lipinski definition) is 4. The van der Waals surface area contributed by atoms with Crippen molar-refractivity contribution in [2.75, 3.05) is 23.8 Å². The highest BCUT2D eigenvalue weighted by atomic mass is 35.5. The Hall–Kier alpha value is -2.73. The number of nitrogens with one attached hydrogen (secondary N) is 2. The van der Waals surface area contributed by atoms with Gasteiger partial charge in [-0.05, 0) is 43.7 Å². The van der Waals surface area contributed by atoms with E-state index in [1.165, 1.54) is 6.92 Å². The maximum absolute atomic E-state index is 12.7. The van der Waals surface area contributed by atoms with Gasteiger partial charge in [-0.25, -0.2) is 0 Å². The van der Waals surface area contributed by atoms with Crippen LogP contribution in [0.1, 0.15) is 44.0 Å². The third-order valence-corrected chi connectivity index (χ3v) is 4.04. The van der Waals surface area contributed by atoms with Crippen LogP contribution in [0.2, 0.25) is 5.02 Å². The number of ether oxygens (including phenoxy) is 2. The van der Waals surface area contributed by atoms with Crippen molar-refractivity contribution < 1.29 is 19.1 Å². The van der Waals surface area contributed by atoms with Gasteiger partial charge in [0.05, 0.1) is 18.2 Å². The minimum absolute atomic E-state index is 0.185. The fraction of sp³-hybridized carbons (Fsp3) is 0.333. The van der Waals surface area contributed by atoms with E-state index in [1.54, 1.807) is 36.4 Å². The lowest BCUT2D eigenvalue weighted by atomic mass is 10.1. The lowest BCUT2D eigenvalue weighted by Crippen LogP contribution is -2.13. The molecule has 7 heteroatoms. The van der Waals surface area contributed by atoms with Crippen molar-refractivity contribution in [3.63, 3.8) is 0 Å². The van der Waals surface area contributed by atoms with E-state index in [1.807, 2.05) is 6.92 Å². The molecule has 2 amide bonds. The van der Waals surface area contributed by atoms with Gasteiger partial charge in [0, 0.05) is 23.9 Å². The van der Waals surface area contributed by atoms with E-state index in [0.717, 1.165) is 12.8 Å². The van der Waals surface area contributed by atoms with Crippen LogP contribution in [0.4, 0.5) is 11.4 Å². The first-order chi connectivity index (χ1) is 13.4. The summed E-state index contributed by atoms with van der Waals surface area (Å²) in [6.45, 7) is 6.29. The molecule has 0 spiro atoms. The molecule has 0 radical (unpaired) electrons. The zero-order valence-electron chi connectivity index (χ0n) is 16.3. The largest absolute Gasteiger partial charge is 0.490 e. The first kappa shape index (κ1) is 21.6. The number of carbonyl (C=O) groups is 2. The molecule has 0 saturated heterocycles. The molecule has 0 heterocycles. The number of anilines is 2. The van der Waals surface area contributed by atoms with E-state index in [9.17, 15) is 9.59 Å². The standard InChI is InChI=1S/C21H25ClN2O4/c1-4-6-10-28-20-18(22)11-15(12-19(20)27-5-2)21(26)24-17-9-7-8-16(13-17)23-14(3)25/h7-9,11-13H,4-6,10H2,1-3H3,(H,23,25)(H,24,26). The molecule has 0 aliphatic carbocycles. The first-order valence-electron chi connectivity index (χ1n) is 9.22. The second-order valence-electron chi connectivity index (χ2n) is 6.14. The van der Waals surface area contributed by atoms with Crippen molar-refractivity contribution in [3.8, 4) is 11.5 Å². The van der Waals surface area contributed by atoms with Crippen molar-refractivity contribution in [1.82, 2.24) is 0 Å². The average molecular weight is 405 g/mol. The fourth-order valence-electron chi connectivity index (χ4n) is 2.50. The number of hydrogen-bond donors (Lipinski definition) is 2. The third-order valence-electron chi connectivity index (χ3n) is 3.76. The van der Waals surface area contributed by atoms with Crippen LogP contribution in [-0.2, 0) is 4.79 Å². The molecule has 0 unspecified atom stereocenters. The fourth-order valence-corrected chi connectivity index (χ4v) is 2.77. The number of carbonyl (C=O) groups excluding carboxylic acids is 2. The van der Waals surface area contributed by atoms with Gasteiger partial charge in [-0.2, -0.15) is 0 Å². The molecule has 0 aromatic heterocycles. The van der Waals surface area contributed by atoms with Gasteiger partial charge in [-0.1, -0.05) is 31.0 Å². The molecule has 0 fully saturated rings. The van der Waals surface area contributed by atoms with Crippen LogP contribution in [-0.4, -0.2) is 25.0 Å². The summed E-state index contributed by atoms with van der Waals surface area (Å²) < 4.78 is 11.4. The summed E-state index contributed by atoms with van der Waals surface area (Å²) in [5.41, 5.74) is 1.49. The normalized spacial score (nSPS) is 10.3. The van der Waals surface area contributed by atoms with Crippen LogP contribution in [0.15, 0.2) is 36.4 Å². The Morgan fingerprint density at radius 2 is 1.75 bits per heavy atom. The Bertz CT molecular complexity index is 839. The highest BCUT2D eigenvalue weighted by Gasteiger charge is 2.16. The summed E-state index contributed by atoms with van der Waals surface area (Å²) in [6, 6.07) is 10.1. The maximum atomic E-state index is 12.7. The summed E-state index contributed by atoms with van der Waals surface area (Å²) in [7, 11) is 0. The Labute approximate surface area is 170 Å². The Balaban J connectivity index is 2.21. The van der Waals surface area contributed by atoms with Crippen molar-refractivity contribution in [2.24, 2.45) is 0 Å². The molecule has 150 valence electrons. The summed E-state index contributed by atoms with van der Waals surface area (Å²) in [4.78, 5) is 23.9. The summed E-state index contributed by atoms with van der Waals surface area (Å²) in [5, 5.41) is 5.79. The van der Waals surface area contributed by atoms with Gasteiger partial charge in [-0.15, -0.1) is 0 Å². The second-order valence-corrected chi connectivity index (χ2v) is 6.54. The van der Waals surface area contributed by atoms with Crippen LogP contribution < -0.4 is 20.1 Å². The monoisotopic (exact) mass is 404 g/mol. The molecule has 6 nitrogen and oxygen atoms in total. The number of unbranched alkanes of at least 4 members (excludes halogenated alkanes) is 1. The van der Waals surface area contributed by atoms with Crippen LogP contribution in [0.3, 0.4) is 0 Å². The van der Waals surface area contributed by atoms with Crippen molar-refractivity contribution in [2.45, 2.75) is 33.6 Å². The van der Waals surface area contributed by atoms with E-state index < -0.39 is 0 Å². The van der Waals surface area contributed by atoms with Crippen LogP contribution in [0.25, 0.3) is 0 Å². The number of rotatable bonds is 9. The van der Waals surface area contributed by atoms with Crippen LogP contribution in [0.5, 0.6) is 11.5 Å². The van der Waals surface area contributed by atoms with Gasteiger partial charge in [0.25, 0.3) is 5.91 Å². The lowest BCUT2D eigenvalue weighted by molar-refractivity contribution is -0.114. The molecule has 0 atom stereocenters. The average Bonchev–Trinajstić information content (AvgIpc) is 2.63. The quantitative estimate of drug-likeness (QED) is 0.568. The van der Waals surface area contributed by atoms with Gasteiger partial charge in [0.15, 0.2) is 11.5 Å². The molecule has 28 heavy (non-hydrogen) atoms. The molecule has 2 aromatic rings. The molecular formula is C21H25ClN2O4. The van der Waals surface area contributed by atoms with Crippen LogP contribution in [0, 0.1) is 0 Å². The Morgan fingerprint density at radius 3 is 2.39 bits per heavy atom. The van der Waals surface area contributed by atoms with E-state index in [2.05, 4.69) is 17.6 Å². The predicted molar refractivity (Wildman–Crippen MR) is 112 cm³/mol. The molecular weight excluding hydrogens is 380 g/mol. The minimum atomic E-state index is -0.345. The molecule has 0 aliphatic rings. The summed E-state index contributed by atoms with van der Waals surface area (Å²) in [6.07, 6.45) is 1.90. The topological polar surface area (TPSA) is 76.7 Å². The van der Waals surface area contributed by atoms with Crippen molar-refractivity contribution >= 4 is 34.8 Å². The number of amides is 2. The zero-order valence-corrected chi connectivity index (χ0v) is 17.1. The van der Waals surface area contributed by atoms with E-state index in [-0.39, 0.29) is 11.8 Å². The zero-order chi connectivity index (χ0) is 20.5. The molecule has 2 rings (SSSR count). The summed E-state index contributed by atoms with van der Waals surface area (Å²) in [5.74, 6) is 0.350. The van der Waals surface area contributed by atoms with Gasteiger partial charge in [0.2, 0.25) is 5.91 Å².